The number of nitrogens with zero attached hydrogens (tertiary/aromatic N) is 3. The largest absolute Gasteiger partial charge is 0.481 e. The van der Waals surface area contributed by atoms with Crippen LogP contribution in [-0.2, 0) is 4.79 Å². The summed E-state index contributed by atoms with van der Waals surface area (Å²) in [6, 6.07) is 1.93. The Kier molecular flexibility index (Phi) is 9.25. The summed E-state index contributed by atoms with van der Waals surface area (Å²) < 4.78 is 15.7. The molecule has 2 saturated carbocycles. The summed E-state index contributed by atoms with van der Waals surface area (Å²) in [5.41, 5.74) is 0.630. The molecular formula is C31H40Cl2FN3O4. The first kappa shape index (κ1) is 31.5. The van der Waals surface area contributed by atoms with Crippen molar-refractivity contribution >= 4 is 40.9 Å². The molecule has 1 aromatic heterocycles. The highest BCUT2D eigenvalue weighted by molar-refractivity contribution is 6.40. The van der Waals surface area contributed by atoms with Crippen LogP contribution in [0.1, 0.15) is 124 Å². The van der Waals surface area contributed by atoms with Crippen LogP contribution < -0.4 is 0 Å². The van der Waals surface area contributed by atoms with E-state index in [2.05, 4.69) is 18.9 Å². The number of carbonyl (C=O) groups excluding carboxylic acids is 2. The summed E-state index contributed by atoms with van der Waals surface area (Å²) in [6.45, 7) is 9.97. The Bertz CT molecular complexity index is 1300. The highest BCUT2D eigenvalue weighted by Gasteiger charge is 2.40. The van der Waals surface area contributed by atoms with E-state index in [9.17, 15) is 23.9 Å². The van der Waals surface area contributed by atoms with Crippen LogP contribution in [0.4, 0.5) is 4.39 Å². The molecule has 2 aliphatic rings. The summed E-state index contributed by atoms with van der Waals surface area (Å²) in [7, 11) is 0. The summed E-state index contributed by atoms with van der Waals surface area (Å²) in [5, 5.41) is 14.1. The Morgan fingerprint density at radius 1 is 1.05 bits per heavy atom. The second-order valence-corrected chi connectivity index (χ2v) is 14.0. The van der Waals surface area contributed by atoms with Crippen molar-refractivity contribution in [2.24, 2.45) is 10.8 Å². The minimum Gasteiger partial charge on any atom is -0.481 e. The predicted molar refractivity (Wildman–Crippen MR) is 157 cm³/mol. The molecule has 4 rings (SSSR count). The number of hydrogen-bond donors (Lipinski definition) is 1. The average Bonchev–Trinajstić information content (AvgIpc) is 3.32. The molecule has 1 aromatic carbocycles. The van der Waals surface area contributed by atoms with Crippen LogP contribution in [0.5, 0.6) is 0 Å². The lowest BCUT2D eigenvalue weighted by atomic mass is 9.74. The van der Waals surface area contributed by atoms with E-state index in [-0.39, 0.29) is 51.5 Å². The van der Waals surface area contributed by atoms with Gasteiger partial charge in [-0.1, -0.05) is 50.9 Å². The van der Waals surface area contributed by atoms with Crippen molar-refractivity contribution in [2.45, 2.75) is 104 Å². The molecule has 1 N–H and O–H groups in total. The molecule has 2 aliphatic carbocycles. The maximum atomic E-state index is 14.3. The van der Waals surface area contributed by atoms with Crippen molar-refractivity contribution in [3.8, 4) is 0 Å². The van der Waals surface area contributed by atoms with E-state index >= 15 is 0 Å². The third-order valence-corrected chi connectivity index (χ3v) is 9.74. The van der Waals surface area contributed by atoms with Gasteiger partial charge >= 0.3 is 5.97 Å². The number of amides is 1. The first-order valence-electron chi connectivity index (χ1n) is 14.4. The fraction of sp³-hybridized carbons (Fsp3) is 0.613. The third-order valence-electron chi connectivity index (χ3n) is 9.14. The molecule has 0 bridgehead atoms. The molecule has 0 unspecified atom stereocenters. The number of rotatable bonds is 8. The number of carboxylic acids is 1. The van der Waals surface area contributed by atoms with Crippen molar-refractivity contribution in [1.82, 2.24) is 14.7 Å². The molecule has 1 amide bonds. The van der Waals surface area contributed by atoms with E-state index in [0.29, 0.717) is 31.2 Å². The number of benzene rings is 1. The number of carboxylic acid groups (broad SMARTS) is 1. The molecule has 2 aromatic rings. The monoisotopic (exact) mass is 607 g/mol. The van der Waals surface area contributed by atoms with Crippen LogP contribution in [-0.4, -0.2) is 50.0 Å². The standard InChI is InChI=1S/C31H40Cl2FN3O4/c1-18(2)27-22(16-35-37(27)21-8-12-31(5,13-9-21)29(40)41)28(39)36(20-6-10-30(3,4)11-7-20)17-25(38)26-23(32)14-19(34)15-24(26)33/h14-16,18,20-21H,6-13,17H2,1-5H3,(H,40,41)/t21-,31-. The van der Waals surface area contributed by atoms with Crippen molar-refractivity contribution in [3.05, 3.63) is 51.0 Å². The zero-order chi connectivity index (χ0) is 30.3. The van der Waals surface area contributed by atoms with Crippen LogP contribution in [0.15, 0.2) is 18.3 Å². The van der Waals surface area contributed by atoms with Gasteiger partial charge in [0.15, 0.2) is 5.78 Å². The van der Waals surface area contributed by atoms with E-state index in [1.165, 1.54) is 0 Å². The Labute approximate surface area is 251 Å². The van der Waals surface area contributed by atoms with Gasteiger partial charge in [-0.3, -0.25) is 19.1 Å². The van der Waals surface area contributed by atoms with Gasteiger partial charge in [0.1, 0.15) is 5.82 Å². The second-order valence-electron chi connectivity index (χ2n) is 13.1. The Morgan fingerprint density at radius 2 is 1.61 bits per heavy atom. The van der Waals surface area contributed by atoms with Crippen molar-refractivity contribution in [2.75, 3.05) is 6.54 Å². The fourth-order valence-corrected chi connectivity index (χ4v) is 7.03. The molecular weight excluding hydrogens is 568 g/mol. The number of aromatic nitrogens is 2. The lowest BCUT2D eigenvalue weighted by Gasteiger charge is -2.40. The van der Waals surface area contributed by atoms with Crippen molar-refractivity contribution < 1.29 is 23.9 Å². The summed E-state index contributed by atoms with van der Waals surface area (Å²) in [5.74, 6) is -2.18. The molecule has 10 heteroatoms. The highest BCUT2D eigenvalue weighted by atomic mass is 35.5. The highest BCUT2D eigenvalue weighted by Crippen LogP contribution is 2.42. The lowest BCUT2D eigenvalue weighted by molar-refractivity contribution is -0.150. The molecule has 0 atom stereocenters. The first-order valence-corrected chi connectivity index (χ1v) is 15.2. The van der Waals surface area contributed by atoms with Gasteiger partial charge in [0, 0.05) is 6.04 Å². The molecule has 1 heterocycles. The van der Waals surface area contributed by atoms with Gasteiger partial charge in [0.2, 0.25) is 0 Å². The lowest BCUT2D eigenvalue weighted by Crippen LogP contribution is -2.46. The molecule has 0 aliphatic heterocycles. The zero-order valence-electron chi connectivity index (χ0n) is 24.5. The van der Waals surface area contributed by atoms with Crippen LogP contribution >= 0.6 is 23.2 Å². The van der Waals surface area contributed by atoms with Crippen molar-refractivity contribution in [1.29, 1.82) is 0 Å². The number of Topliss-reactive ketones (excluding diaryl/α,β-unsaturated/α-hetero) is 1. The molecule has 0 spiro atoms. The van der Waals surface area contributed by atoms with Gasteiger partial charge < -0.3 is 10.0 Å². The number of carbonyl (C=O) groups is 3. The van der Waals surface area contributed by atoms with E-state index in [1.54, 1.807) is 18.0 Å². The Morgan fingerprint density at radius 3 is 2.12 bits per heavy atom. The van der Waals surface area contributed by atoms with E-state index in [1.807, 2.05) is 18.5 Å². The van der Waals surface area contributed by atoms with E-state index in [0.717, 1.165) is 43.5 Å². The SMILES string of the molecule is CC(C)c1c(C(=O)N(CC(=O)c2c(Cl)cc(F)cc2Cl)C2CCC(C)(C)CC2)cnn1[C@H]1CC[C@](C)(C(=O)O)CC1. The zero-order valence-corrected chi connectivity index (χ0v) is 26.0. The molecule has 2 fully saturated rings. The van der Waals surface area contributed by atoms with Gasteiger partial charge in [-0.2, -0.15) is 5.10 Å². The number of aliphatic carboxylic acids is 1. The summed E-state index contributed by atoms with van der Waals surface area (Å²) in [6.07, 6.45) is 7.28. The number of hydrogen-bond acceptors (Lipinski definition) is 4. The van der Waals surface area contributed by atoms with E-state index < -0.39 is 23.0 Å². The van der Waals surface area contributed by atoms with Gasteiger partial charge in [-0.05, 0) is 81.8 Å². The number of ketones is 1. The second kappa shape index (κ2) is 12.0. The van der Waals surface area contributed by atoms with Crippen LogP contribution in [0.3, 0.4) is 0 Å². The molecule has 41 heavy (non-hydrogen) atoms. The quantitative estimate of drug-likeness (QED) is 0.307. The van der Waals surface area contributed by atoms with E-state index in [4.69, 9.17) is 23.2 Å². The number of halogens is 3. The predicted octanol–water partition coefficient (Wildman–Crippen LogP) is 7.95. The average molecular weight is 609 g/mol. The Hall–Kier alpha value is -2.45. The van der Waals surface area contributed by atoms with Crippen LogP contribution in [0.2, 0.25) is 10.0 Å². The maximum Gasteiger partial charge on any atom is 0.309 e. The summed E-state index contributed by atoms with van der Waals surface area (Å²) in [4.78, 5) is 41.3. The maximum absolute atomic E-state index is 14.3. The summed E-state index contributed by atoms with van der Waals surface area (Å²) >= 11 is 12.5. The Balaban J connectivity index is 1.67. The minimum atomic E-state index is -0.784. The molecule has 0 saturated heterocycles. The first-order chi connectivity index (χ1) is 19.1. The smallest absolute Gasteiger partial charge is 0.309 e. The minimum absolute atomic E-state index is 0.00661. The van der Waals surface area contributed by atoms with Crippen LogP contribution in [0.25, 0.3) is 0 Å². The molecule has 7 nitrogen and oxygen atoms in total. The van der Waals surface area contributed by atoms with Crippen molar-refractivity contribution in [3.63, 3.8) is 0 Å². The molecule has 0 radical (unpaired) electrons. The van der Waals surface area contributed by atoms with Gasteiger partial charge in [0.25, 0.3) is 5.91 Å². The van der Waals surface area contributed by atoms with Gasteiger partial charge in [0.05, 0.1) is 51.1 Å². The normalized spacial score (nSPS) is 23.0. The topological polar surface area (TPSA) is 92.5 Å². The molecule has 224 valence electrons. The third kappa shape index (κ3) is 6.64. The fourth-order valence-electron chi connectivity index (χ4n) is 6.36. The van der Waals surface area contributed by atoms with Gasteiger partial charge in [-0.15, -0.1) is 0 Å². The van der Waals surface area contributed by atoms with Crippen LogP contribution in [0, 0.1) is 16.6 Å². The van der Waals surface area contributed by atoms with Gasteiger partial charge in [-0.25, -0.2) is 4.39 Å².